The average molecular weight is 458 g/mol. The van der Waals surface area contributed by atoms with Crippen molar-refractivity contribution in [1.29, 1.82) is 0 Å². The molecule has 2 heterocycles. The summed E-state index contributed by atoms with van der Waals surface area (Å²) in [6.45, 7) is 8.41. The molecule has 4 aromatic rings. The minimum absolute atomic E-state index is 0.0586. The highest BCUT2D eigenvalue weighted by molar-refractivity contribution is 7.13. The number of anilines is 1. The molecular weight excluding hydrogens is 430 g/mol. The summed E-state index contributed by atoms with van der Waals surface area (Å²) < 4.78 is 5.89. The van der Waals surface area contributed by atoms with Gasteiger partial charge in [-0.15, -0.1) is 11.3 Å². The van der Waals surface area contributed by atoms with Crippen molar-refractivity contribution >= 4 is 22.9 Å². The monoisotopic (exact) mass is 457 g/mol. The molecule has 0 saturated carbocycles. The second-order valence-electron chi connectivity index (χ2n) is 8.92. The van der Waals surface area contributed by atoms with Gasteiger partial charge in [0, 0.05) is 22.8 Å². The summed E-state index contributed by atoms with van der Waals surface area (Å²) in [6, 6.07) is 19.5. The molecule has 0 atom stereocenters. The molecule has 6 heteroatoms. The molecule has 4 rings (SSSR count). The zero-order valence-corrected chi connectivity index (χ0v) is 20.1. The van der Waals surface area contributed by atoms with Gasteiger partial charge in [-0.1, -0.05) is 56.7 Å². The normalized spacial score (nSPS) is 11.3. The molecule has 0 saturated heterocycles. The number of hydrogen-bond acceptors (Lipinski definition) is 5. The number of pyridine rings is 1. The topological polar surface area (TPSA) is 64.1 Å². The van der Waals surface area contributed by atoms with Gasteiger partial charge < -0.3 is 10.1 Å². The Morgan fingerprint density at radius 1 is 1.03 bits per heavy atom. The molecule has 0 spiro atoms. The number of benzene rings is 2. The van der Waals surface area contributed by atoms with Crippen molar-refractivity contribution in [2.75, 3.05) is 11.9 Å². The summed E-state index contributed by atoms with van der Waals surface area (Å²) in [5.74, 6) is 0.529. The number of rotatable bonds is 6. The van der Waals surface area contributed by atoms with E-state index < -0.39 is 0 Å². The molecule has 0 bridgehead atoms. The van der Waals surface area contributed by atoms with Gasteiger partial charge in [0.25, 0.3) is 5.91 Å². The Balaban J connectivity index is 1.43. The molecule has 0 aliphatic carbocycles. The van der Waals surface area contributed by atoms with Gasteiger partial charge in [-0.3, -0.25) is 9.78 Å². The lowest BCUT2D eigenvalue weighted by Crippen LogP contribution is -2.22. The van der Waals surface area contributed by atoms with Crippen molar-refractivity contribution < 1.29 is 9.53 Å². The van der Waals surface area contributed by atoms with E-state index in [4.69, 9.17) is 9.72 Å². The summed E-state index contributed by atoms with van der Waals surface area (Å²) >= 11 is 1.55. The van der Waals surface area contributed by atoms with Crippen LogP contribution in [0.3, 0.4) is 0 Å². The van der Waals surface area contributed by atoms with Crippen molar-refractivity contribution in [1.82, 2.24) is 9.97 Å². The Labute approximate surface area is 198 Å². The molecule has 2 aromatic carbocycles. The Kier molecular flexibility index (Phi) is 6.56. The first-order valence-corrected chi connectivity index (χ1v) is 11.7. The van der Waals surface area contributed by atoms with Crippen LogP contribution in [-0.2, 0) is 10.2 Å². The maximum absolute atomic E-state index is 12.6. The zero-order chi connectivity index (χ0) is 23.4. The Hall–Kier alpha value is -3.51. The van der Waals surface area contributed by atoms with Crippen LogP contribution in [0.25, 0.3) is 22.0 Å². The van der Waals surface area contributed by atoms with E-state index in [9.17, 15) is 4.79 Å². The molecule has 0 aliphatic rings. The summed E-state index contributed by atoms with van der Waals surface area (Å²) in [5, 5.41) is 5.79. The van der Waals surface area contributed by atoms with E-state index in [1.54, 1.807) is 17.5 Å². The standard InChI is InChI=1S/C27H27N3O2S/c1-18-11-12-24(21(14-18)27(2,3)4)32-16-25(31)29-20-9-7-8-19(15-20)23-17-33-26(30-23)22-10-5-6-13-28-22/h5-15,17H,16H2,1-4H3,(H,29,31). The lowest BCUT2D eigenvalue weighted by atomic mass is 9.85. The summed E-state index contributed by atoms with van der Waals surface area (Å²) in [5.41, 5.74) is 5.51. The summed E-state index contributed by atoms with van der Waals surface area (Å²) in [4.78, 5) is 21.7. The Morgan fingerprint density at radius 3 is 2.64 bits per heavy atom. The van der Waals surface area contributed by atoms with E-state index >= 15 is 0 Å². The fraction of sp³-hybridized carbons (Fsp3) is 0.222. The first-order chi connectivity index (χ1) is 15.8. The van der Waals surface area contributed by atoms with Crippen molar-refractivity contribution in [3.8, 4) is 27.7 Å². The van der Waals surface area contributed by atoms with Crippen molar-refractivity contribution in [2.45, 2.75) is 33.1 Å². The number of carbonyl (C=O) groups is 1. The van der Waals surface area contributed by atoms with Gasteiger partial charge in [0.05, 0.1) is 11.4 Å². The lowest BCUT2D eigenvalue weighted by Gasteiger charge is -2.23. The van der Waals surface area contributed by atoms with Crippen molar-refractivity contribution in [2.24, 2.45) is 0 Å². The van der Waals surface area contributed by atoms with Gasteiger partial charge in [0.15, 0.2) is 6.61 Å². The van der Waals surface area contributed by atoms with Crippen LogP contribution in [-0.4, -0.2) is 22.5 Å². The Bertz CT molecular complexity index is 1260. The number of hydrogen-bond donors (Lipinski definition) is 1. The maximum atomic E-state index is 12.6. The molecule has 168 valence electrons. The van der Waals surface area contributed by atoms with Crippen molar-refractivity contribution in [3.05, 3.63) is 83.4 Å². The van der Waals surface area contributed by atoms with E-state index in [2.05, 4.69) is 44.1 Å². The van der Waals surface area contributed by atoms with E-state index in [1.165, 1.54) is 5.56 Å². The smallest absolute Gasteiger partial charge is 0.262 e. The second-order valence-corrected chi connectivity index (χ2v) is 9.78. The van der Waals surface area contributed by atoms with Crippen molar-refractivity contribution in [3.63, 3.8) is 0 Å². The molecule has 1 N–H and O–H groups in total. The first-order valence-electron chi connectivity index (χ1n) is 10.8. The van der Waals surface area contributed by atoms with Crippen LogP contribution in [0.5, 0.6) is 5.75 Å². The molecule has 2 aromatic heterocycles. The number of thiazole rings is 1. The van der Waals surface area contributed by atoms with Gasteiger partial charge in [-0.05, 0) is 48.2 Å². The maximum Gasteiger partial charge on any atom is 0.262 e. The third kappa shape index (κ3) is 5.65. The van der Waals surface area contributed by atoms with Crippen LogP contribution in [0.2, 0.25) is 0 Å². The van der Waals surface area contributed by atoms with Gasteiger partial charge in [-0.25, -0.2) is 4.98 Å². The number of nitrogens with one attached hydrogen (secondary N) is 1. The van der Waals surface area contributed by atoms with Gasteiger partial charge >= 0.3 is 0 Å². The lowest BCUT2D eigenvalue weighted by molar-refractivity contribution is -0.118. The highest BCUT2D eigenvalue weighted by Gasteiger charge is 2.20. The van der Waals surface area contributed by atoms with E-state index in [-0.39, 0.29) is 17.9 Å². The quantitative estimate of drug-likeness (QED) is 0.359. The van der Waals surface area contributed by atoms with Gasteiger partial charge in [0.2, 0.25) is 0 Å². The highest BCUT2D eigenvalue weighted by Crippen LogP contribution is 2.32. The van der Waals surface area contributed by atoms with E-state index in [0.29, 0.717) is 5.69 Å². The first kappa shape index (κ1) is 22.7. The fourth-order valence-electron chi connectivity index (χ4n) is 3.47. The molecule has 0 unspecified atom stereocenters. The van der Waals surface area contributed by atoms with Gasteiger partial charge in [-0.2, -0.15) is 0 Å². The molecule has 33 heavy (non-hydrogen) atoms. The molecule has 0 fully saturated rings. The van der Waals surface area contributed by atoms with Crippen LogP contribution in [0.15, 0.2) is 72.2 Å². The summed E-state index contributed by atoms with van der Waals surface area (Å²) in [7, 11) is 0. The van der Waals surface area contributed by atoms with E-state index in [1.807, 2.05) is 60.0 Å². The van der Waals surface area contributed by atoms with Crippen LogP contribution in [0, 0.1) is 6.92 Å². The van der Waals surface area contributed by atoms with Crippen LogP contribution in [0.4, 0.5) is 5.69 Å². The number of carbonyl (C=O) groups excluding carboxylic acids is 1. The molecule has 0 radical (unpaired) electrons. The molecule has 0 aliphatic heterocycles. The summed E-state index contributed by atoms with van der Waals surface area (Å²) in [6.07, 6.45) is 1.76. The Morgan fingerprint density at radius 2 is 1.88 bits per heavy atom. The second kappa shape index (κ2) is 9.55. The minimum Gasteiger partial charge on any atom is -0.483 e. The SMILES string of the molecule is Cc1ccc(OCC(=O)Nc2cccc(-c3csc(-c4ccccn4)n3)c2)c(C(C)(C)C)c1. The van der Waals surface area contributed by atoms with Crippen LogP contribution >= 0.6 is 11.3 Å². The third-order valence-corrected chi connectivity index (χ3v) is 6.00. The predicted octanol–water partition coefficient (Wildman–Crippen LogP) is 6.50. The minimum atomic E-state index is -0.208. The van der Waals surface area contributed by atoms with Gasteiger partial charge in [0.1, 0.15) is 10.8 Å². The number of amides is 1. The zero-order valence-electron chi connectivity index (χ0n) is 19.3. The fourth-order valence-corrected chi connectivity index (χ4v) is 4.27. The number of nitrogens with zero attached hydrogens (tertiary/aromatic N) is 2. The van der Waals surface area contributed by atoms with Crippen LogP contribution in [0.1, 0.15) is 31.9 Å². The molecule has 5 nitrogen and oxygen atoms in total. The average Bonchev–Trinajstić information content (AvgIpc) is 3.29. The largest absolute Gasteiger partial charge is 0.483 e. The highest BCUT2D eigenvalue weighted by atomic mass is 32.1. The molecular formula is C27H27N3O2S. The molecule has 1 amide bonds. The third-order valence-electron chi connectivity index (χ3n) is 5.13. The predicted molar refractivity (Wildman–Crippen MR) is 135 cm³/mol. The number of aromatic nitrogens is 2. The number of aryl methyl sites for hydroxylation is 1. The van der Waals surface area contributed by atoms with Crippen LogP contribution < -0.4 is 10.1 Å². The van der Waals surface area contributed by atoms with E-state index in [0.717, 1.165) is 33.3 Å². The number of ether oxygens (including phenoxy) is 1.